The molecule has 0 aliphatic heterocycles. The molecule has 22 heavy (non-hydrogen) atoms. The summed E-state index contributed by atoms with van der Waals surface area (Å²) in [5.41, 5.74) is 2.95. The third-order valence-electron chi connectivity index (χ3n) is 3.08. The maximum atomic E-state index is 12.4. The molecule has 2 rings (SSSR count). The maximum Gasteiger partial charge on any atom is 0.187 e. The summed E-state index contributed by atoms with van der Waals surface area (Å²) < 4.78 is 10.5. The number of hydrogen-bond donors (Lipinski definition) is 0. The number of aromatic nitrogens is 2. The van der Waals surface area contributed by atoms with Gasteiger partial charge in [0.2, 0.25) is 0 Å². The molecule has 0 N–H and O–H groups in total. The number of rotatable bonds is 7. The molecule has 0 bridgehead atoms. The third kappa shape index (κ3) is 4.63. The van der Waals surface area contributed by atoms with Gasteiger partial charge >= 0.3 is 0 Å². The molecule has 2 heterocycles. The summed E-state index contributed by atoms with van der Waals surface area (Å²) in [6.07, 6.45) is 1.99. The van der Waals surface area contributed by atoms with E-state index in [4.69, 9.17) is 9.47 Å². The number of ketones is 1. The number of methoxy groups -OCH3 is 1. The average molecular weight is 300 g/mol. The fraction of sp³-hybridized carbons (Fsp3) is 0.353. The molecule has 116 valence electrons. The topological polar surface area (TPSA) is 61.3 Å². The molecular weight excluding hydrogens is 280 g/mol. The summed E-state index contributed by atoms with van der Waals surface area (Å²) in [5.74, 6) is 0.557. The molecule has 0 aliphatic carbocycles. The Balaban J connectivity index is 2.09. The van der Waals surface area contributed by atoms with Crippen LogP contribution in [0.1, 0.15) is 27.4 Å². The molecule has 0 spiro atoms. The number of hydrogen-bond acceptors (Lipinski definition) is 5. The minimum absolute atomic E-state index is 0.0726. The smallest absolute Gasteiger partial charge is 0.187 e. The van der Waals surface area contributed by atoms with Gasteiger partial charge in [-0.2, -0.15) is 0 Å². The van der Waals surface area contributed by atoms with Crippen LogP contribution in [0.4, 0.5) is 0 Å². The average Bonchev–Trinajstić information content (AvgIpc) is 2.49. The summed E-state index contributed by atoms with van der Waals surface area (Å²) >= 11 is 0. The van der Waals surface area contributed by atoms with Crippen LogP contribution < -0.4 is 4.74 Å². The largest absolute Gasteiger partial charge is 0.491 e. The van der Waals surface area contributed by atoms with Gasteiger partial charge in [-0.3, -0.25) is 9.78 Å². The van der Waals surface area contributed by atoms with E-state index >= 15 is 0 Å². The number of carbonyl (C=O) groups is 1. The van der Waals surface area contributed by atoms with Crippen LogP contribution in [0.3, 0.4) is 0 Å². The number of Topliss-reactive ketones (excluding diaryl/α,β-unsaturated/α-hetero) is 1. The molecule has 5 heteroatoms. The van der Waals surface area contributed by atoms with E-state index in [1.807, 2.05) is 26.0 Å². The van der Waals surface area contributed by atoms with Gasteiger partial charge in [-0.15, -0.1) is 0 Å². The fourth-order valence-electron chi connectivity index (χ4n) is 1.96. The van der Waals surface area contributed by atoms with Crippen molar-refractivity contribution in [1.29, 1.82) is 0 Å². The zero-order chi connectivity index (χ0) is 15.9. The standard InChI is InChI=1S/C17H20N2O3/c1-12-4-5-14(18-11-12)9-17(20)16-10-15(8-13(2)19-16)22-7-6-21-3/h4-5,8,10-11H,6-7,9H2,1-3H3. The molecule has 0 radical (unpaired) electrons. The Bertz CT molecular complexity index is 639. The first-order valence-corrected chi connectivity index (χ1v) is 7.13. The highest BCUT2D eigenvalue weighted by Gasteiger charge is 2.12. The Morgan fingerprint density at radius 1 is 1.18 bits per heavy atom. The summed E-state index contributed by atoms with van der Waals surface area (Å²) in [5, 5.41) is 0. The first-order chi connectivity index (χ1) is 10.6. The van der Waals surface area contributed by atoms with E-state index in [1.165, 1.54) is 0 Å². The van der Waals surface area contributed by atoms with E-state index < -0.39 is 0 Å². The Morgan fingerprint density at radius 2 is 2.00 bits per heavy atom. The minimum Gasteiger partial charge on any atom is -0.491 e. The Morgan fingerprint density at radius 3 is 2.68 bits per heavy atom. The van der Waals surface area contributed by atoms with Gasteiger partial charge in [-0.05, 0) is 25.5 Å². The number of aryl methyl sites for hydroxylation is 2. The Kier molecular flexibility index (Phi) is 5.61. The van der Waals surface area contributed by atoms with E-state index in [9.17, 15) is 4.79 Å². The molecule has 2 aromatic rings. The molecule has 0 unspecified atom stereocenters. The normalized spacial score (nSPS) is 10.5. The second-order valence-corrected chi connectivity index (χ2v) is 5.10. The van der Waals surface area contributed by atoms with E-state index in [1.54, 1.807) is 25.4 Å². The highest BCUT2D eigenvalue weighted by atomic mass is 16.5. The fourth-order valence-corrected chi connectivity index (χ4v) is 1.96. The predicted molar refractivity (Wildman–Crippen MR) is 83.4 cm³/mol. The van der Waals surface area contributed by atoms with Gasteiger partial charge < -0.3 is 9.47 Å². The highest BCUT2D eigenvalue weighted by Crippen LogP contribution is 2.15. The summed E-state index contributed by atoms with van der Waals surface area (Å²) in [6, 6.07) is 7.27. The van der Waals surface area contributed by atoms with Crippen LogP contribution in [0, 0.1) is 13.8 Å². The number of nitrogens with zero attached hydrogens (tertiary/aromatic N) is 2. The van der Waals surface area contributed by atoms with Gasteiger partial charge in [-0.1, -0.05) is 6.07 Å². The zero-order valence-electron chi connectivity index (χ0n) is 13.1. The highest BCUT2D eigenvalue weighted by molar-refractivity contribution is 5.95. The van der Waals surface area contributed by atoms with Crippen molar-refractivity contribution in [3.63, 3.8) is 0 Å². The molecule has 0 saturated carbocycles. The molecule has 0 aliphatic rings. The number of ether oxygens (including phenoxy) is 2. The lowest BCUT2D eigenvalue weighted by Gasteiger charge is -2.08. The molecule has 2 aromatic heterocycles. The first-order valence-electron chi connectivity index (χ1n) is 7.13. The van der Waals surface area contributed by atoms with Crippen LogP contribution in [0.15, 0.2) is 30.5 Å². The lowest BCUT2D eigenvalue weighted by Crippen LogP contribution is -2.10. The van der Waals surface area contributed by atoms with E-state index in [0.717, 1.165) is 17.0 Å². The number of carbonyl (C=O) groups excluding carboxylic acids is 1. The van der Waals surface area contributed by atoms with Crippen LogP contribution in [-0.2, 0) is 11.2 Å². The molecular formula is C17H20N2O3. The van der Waals surface area contributed by atoms with Crippen molar-refractivity contribution < 1.29 is 14.3 Å². The quantitative estimate of drug-likeness (QED) is 0.581. The lowest BCUT2D eigenvalue weighted by atomic mass is 10.1. The molecule has 0 fully saturated rings. The summed E-state index contributed by atoms with van der Waals surface area (Å²) in [6.45, 7) is 4.74. The molecule has 0 atom stereocenters. The van der Waals surface area contributed by atoms with Gasteiger partial charge in [0, 0.05) is 36.8 Å². The van der Waals surface area contributed by atoms with Crippen molar-refractivity contribution in [2.75, 3.05) is 20.3 Å². The first kappa shape index (κ1) is 16.1. The second kappa shape index (κ2) is 7.66. The van der Waals surface area contributed by atoms with Crippen molar-refractivity contribution in [3.05, 3.63) is 53.1 Å². The van der Waals surface area contributed by atoms with Gasteiger partial charge in [0.1, 0.15) is 18.1 Å². The van der Waals surface area contributed by atoms with Crippen molar-refractivity contribution >= 4 is 5.78 Å². The van der Waals surface area contributed by atoms with Crippen molar-refractivity contribution in [1.82, 2.24) is 9.97 Å². The monoisotopic (exact) mass is 300 g/mol. The van der Waals surface area contributed by atoms with Gasteiger partial charge in [0.15, 0.2) is 5.78 Å². The van der Waals surface area contributed by atoms with Crippen LogP contribution in [0.25, 0.3) is 0 Å². The lowest BCUT2D eigenvalue weighted by molar-refractivity contribution is 0.0986. The second-order valence-electron chi connectivity index (χ2n) is 5.10. The third-order valence-corrected chi connectivity index (χ3v) is 3.08. The molecule has 0 saturated heterocycles. The molecule has 0 aromatic carbocycles. The van der Waals surface area contributed by atoms with Gasteiger partial charge in [-0.25, -0.2) is 4.98 Å². The number of pyridine rings is 2. The predicted octanol–water partition coefficient (Wildman–Crippen LogP) is 2.54. The van der Waals surface area contributed by atoms with Crippen LogP contribution in [0.2, 0.25) is 0 Å². The summed E-state index contributed by atoms with van der Waals surface area (Å²) in [4.78, 5) is 20.9. The maximum absolute atomic E-state index is 12.4. The van der Waals surface area contributed by atoms with Crippen LogP contribution in [0.5, 0.6) is 5.75 Å². The van der Waals surface area contributed by atoms with Crippen LogP contribution in [-0.4, -0.2) is 36.1 Å². The Labute approximate surface area is 130 Å². The van der Waals surface area contributed by atoms with E-state index in [2.05, 4.69) is 9.97 Å². The van der Waals surface area contributed by atoms with Gasteiger partial charge in [0.25, 0.3) is 0 Å². The van der Waals surface area contributed by atoms with Crippen molar-refractivity contribution in [3.8, 4) is 5.75 Å². The van der Waals surface area contributed by atoms with Crippen molar-refractivity contribution in [2.45, 2.75) is 20.3 Å². The van der Waals surface area contributed by atoms with Crippen LogP contribution >= 0.6 is 0 Å². The van der Waals surface area contributed by atoms with E-state index in [-0.39, 0.29) is 12.2 Å². The molecule has 5 nitrogen and oxygen atoms in total. The summed E-state index contributed by atoms with van der Waals surface area (Å²) in [7, 11) is 1.62. The van der Waals surface area contributed by atoms with Crippen molar-refractivity contribution in [2.24, 2.45) is 0 Å². The Hall–Kier alpha value is -2.27. The minimum atomic E-state index is -0.0726. The molecule has 0 amide bonds. The van der Waals surface area contributed by atoms with E-state index in [0.29, 0.717) is 24.7 Å². The van der Waals surface area contributed by atoms with Gasteiger partial charge in [0.05, 0.1) is 13.0 Å². The SMILES string of the molecule is COCCOc1cc(C)nc(C(=O)Cc2ccc(C)cn2)c1. The zero-order valence-corrected chi connectivity index (χ0v) is 13.1.